The maximum Gasteiger partial charge on any atom is 0.338 e. The van der Waals surface area contributed by atoms with Crippen LogP contribution in [0.5, 0.6) is 0 Å². The molecular formula is C19H16N4O3. The van der Waals surface area contributed by atoms with Crippen LogP contribution in [0, 0.1) is 0 Å². The number of benzene rings is 1. The van der Waals surface area contributed by atoms with Crippen LogP contribution in [-0.2, 0) is 11.2 Å². The largest absolute Gasteiger partial charge is 0.465 e. The second-order valence-corrected chi connectivity index (χ2v) is 5.88. The van der Waals surface area contributed by atoms with E-state index < -0.39 is 5.97 Å². The Balaban J connectivity index is 1.77. The van der Waals surface area contributed by atoms with E-state index in [0.717, 1.165) is 17.8 Å². The van der Waals surface area contributed by atoms with Gasteiger partial charge >= 0.3 is 5.97 Å². The van der Waals surface area contributed by atoms with E-state index >= 15 is 0 Å². The lowest BCUT2D eigenvalue weighted by molar-refractivity contribution is 0.0601. The van der Waals surface area contributed by atoms with Gasteiger partial charge in [-0.1, -0.05) is 18.2 Å². The van der Waals surface area contributed by atoms with E-state index in [1.807, 2.05) is 6.07 Å². The van der Waals surface area contributed by atoms with E-state index in [-0.39, 0.29) is 5.91 Å². The summed E-state index contributed by atoms with van der Waals surface area (Å²) in [5, 5.41) is 2.82. The Labute approximate surface area is 149 Å². The molecule has 0 atom stereocenters. The zero-order valence-corrected chi connectivity index (χ0v) is 14.1. The van der Waals surface area contributed by atoms with Crippen molar-refractivity contribution in [2.24, 2.45) is 0 Å². The van der Waals surface area contributed by atoms with Crippen LogP contribution >= 0.6 is 0 Å². The molecule has 7 heteroatoms. The van der Waals surface area contributed by atoms with Crippen molar-refractivity contribution >= 4 is 11.9 Å². The van der Waals surface area contributed by atoms with Crippen molar-refractivity contribution in [1.82, 2.24) is 20.3 Å². The van der Waals surface area contributed by atoms with Crippen molar-refractivity contribution in [3.8, 4) is 22.8 Å². The number of methoxy groups -OCH3 is 1. The maximum atomic E-state index is 12.0. The number of carbonyl (C=O) groups excluding carboxylic acids is 2. The Bertz CT molecular complexity index is 1010. The number of aromatic nitrogens is 3. The summed E-state index contributed by atoms with van der Waals surface area (Å²) in [6, 6.07) is 10.6. The number of nitrogens with zero attached hydrogens (tertiary/aromatic N) is 2. The minimum atomic E-state index is -0.443. The lowest BCUT2D eigenvalue weighted by Gasteiger charge is -2.10. The number of hydrogen-bond acceptors (Lipinski definition) is 5. The zero-order valence-electron chi connectivity index (χ0n) is 14.1. The lowest BCUT2D eigenvalue weighted by Crippen LogP contribution is -2.31. The summed E-state index contributed by atoms with van der Waals surface area (Å²) >= 11 is 0. The monoisotopic (exact) mass is 348 g/mol. The van der Waals surface area contributed by atoms with Gasteiger partial charge in [0, 0.05) is 30.4 Å². The number of rotatable bonds is 3. The van der Waals surface area contributed by atoms with Gasteiger partial charge in [0.1, 0.15) is 0 Å². The van der Waals surface area contributed by atoms with Gasteiger partial charge < -0.3 is 15.0 Å². The lowest BCUT2D eigenvalue weighted by atomic mass is 10.1. The summed E-state index contributed by atoms with van der Waals surface area (Å²) in [5.74, 6) is -0.110. The van der Waals surface area contributed by atoms with Crippen LogP contribution in [0.25, 0.3) is 22.8 Å². The molecule has 3 aromatic rings. The molecule has 0 bridgehead atoms. The third-order valence-corrected chi connectivity index (χ3v) is 4.31. The van der Waals surface area contributed by atoms with Gasteiger partial charge in [-0.25, -0.2) is 14.8 Å². The number of amides is 1. The Kier molecular flexibility index (Phi) is 3.96. The molecule has 7 nitrogen and oxygen atoms in total. The van der Waals surface area contributed by atoms with Gasteiger partial charge in [0.2, 0.25) is 0 Å². The Morgan fingerprint density at radius 3 is 2.85 bits per heavy atom. The van der Waals surface area contributed by atoms with Crippen molar-refractivity contribution in [2.45, 2.75) is 6.42 Å². The fourth-order valence-corrected chi connectivity index (χ4v) is 3.04. The molecule has 2 N–H and O–H groups in total. The molecule has 0 saturated heterocycles. The molecule has 0 saturated carbocycles. The van der Waals surface area contributed by atoms with Crippen LogP contribution in [0.1, 0.15) is 26.4 Å². The standard InChI is InChI=1S/C19H16N4O3/c1-26-19(25)12-5-3-2-4-11(12)17-20-8-7-15(23-17)16-10-13-14(22-16)6-9-21-18(13)24/h2-5,7-8,10,22H,6,9H2,1H3,(H,21,24). The Morgan fingerprint density at radius 1 is 1.19 bits per heavy atom. The van der Waals surface area contributed by atoms with Crippen molar-refractivity contribution in [3.63, 3.8) is 0 Å². The van der Waals surface area contributed by atoms with Gasteiger partial charge in [0.15, 0.2) is 5.82 Å². The zero-order chi connectivity index (χ0) is 18.1. The Morgan fingerprint density at radius 2 is 2.04 bits per heavy atom. The van der Waals surface area contributed by atoms with Crippen LogP contribution in [0.15, 0.2) is 42.6 Å². The van der Waals surface area contributed by atoms with Gasteiger partial charge in [-0.2, -0.15) is 0 Å². The molecule has 2 aromatic heterocycles. The van der Waals surface area contributed by atoms with Crippen LogP contribution in [-0.4, -0.2) is 40.5 Å². The molecule has 1 aromatic carbocycles. The Hall–Kier alpha value is -3.48. The predicted molar refractivity (Wildman–Crippen MR) is 94.6 cm³/mol. The number of nitrogens with one attached hydrogen (secondary N) is 2. The van der Waals surface area contributed by atoms with E-state index in [1.54, 1.807) is 36.5 Å². The summed E-state index contributed by atoms with van der Waals surface area (Å²) < 4.78 is 4.84. The summed E-state index contributed by atoms with van der Waals surface area (Å²) in [6.07, 6.45) is 2.38. The van der Waals surface area contributed by atoms with Gasteiger partial charge in [0.05, 0.1) is 29.6 Å². The van der Waals surface area contributed by atoms with Crippen molar-refractivity contribution in [3.05, 3.63) is 59.4 Å². The molecule has 0 fully saturated rings. The minimum absolute atomic E-state index is 0.0842. The summed E-state index contributed by atoms with van der Waals surface area (Å²) in [4.78, 5) is 36.1. The number of fused-ring (bicyclic) bond motifs is 1. The van der Waals surface area contributed by atoms with E-state index in [1.165, 1.54) is 7.11 Å². The molecule has 26 heavy (non-hydrogen) atoms. The molecule has 1 amide bonds. The van der Waals surface area contributed by atoms with E-state index in [0.29, 0.717) is 34.8 Å². The van der Waals surface area contributed by atoms with Crippen molar-refractivity contribution in [2.75, 3.05) is 13.7 Å². The fourth-order valence-electron chi connectivity index (χ4n) is 3.04. The molecule has 1 aliphatic heterocycles. The average molecular weight is 348 g/mol. The third-order valence-electron chi connectivity index (χ3n) is 4.31. The number of ether oxygens (including phenoxy) is 1. The number of H-pyrrole nitrogens is 1. The molecule has 4 rings (SSSR count). The highest BCUT2D eigenvalue weighted by Gasteiger charge is 2.21. The van der Waals surface area contributed by atoms with Crippen LogP contribution < -0.4 is 5.32 Å². The first-order valence-electron chi connectivity index (χ1n) is 8.18. The molecule has 3 heterocycles. The molecule has 0 unspecified atom stereocenters. The van der Waals surface area contributed by atoms with E-state index in [4.69, 9.17) is 4.74 Å². The second-order valence-electron chi connectivity index (χ2n) is 5.88. The molecule has 0 aliphatic carbocycles. The van der Waals surface area contributed by atoms with E-state index in [9.17, 15) is 9.59 Å². The number of esters is 1. The quantitative estimate of drug-likeness (QED) is 0.707. The highest BCUT2D eigenvalue weighted by atomic mass is 16.5. The van der Waals surface area contributed by atoms with Gasteiger partial charge in [-0.05, 0) is 18.2 Å². The van der Waals surface area contributed by atoms with Gasteiger partial charge in [-0.15, -0.1) is 0 Å². The number of aromatic amines is 1. The van der Waals surface area contributed by atoms with Gasteiger partial charge in [0.25, 0.3) is 5.91 Å². The van der Waals surface area contributed by atoms with E-state index in [2.05, 4.69) is 20.3 Å². The maximum absolute atomic E-state index is 12.0. The molecule has 0 radical (unpaired) electrons. The third kappa shape index (κ3) is 2.73. The minimum Gasteiger partial charge on any atom is -0.465 e. The molecule has 0 spiro atoms. The van der Waals surface area contributed by atoms with Crippen molar-refractivity contribution < 1.29 is 14.3 Å². The molecule has 1 aliphatic rings. The van der Waals surface area contributed by atoms with Crippen LogP contribution in [0.2, 0.25) is 0 Å². The molecular weight excluding hydrogens is 332 g/mol. The second kappa shape index (κ2) is 6.44. The summed E-state index contributed by atoms with van der Waals surface area (Å²) in [7, 11) is 1.34. The first kappa shape index (κ1) is 16.0. The first-order chi connectivity index (χ1) is 12.7. The van der Waals surface area contributed by atoms with Gasteiger partial charge in [-0.3, -0.25) is 4.79 Å². The SMILES string of the molecule is COC(=O)c1ccccc1-c1nccc(-c2cc3c([nH]2)CCNC3=O)n1. The predicted octanol–water partition coefficient (Wildman–Crippen LogP) is 2.21. The van der Waals surface area contributed by atoms with Crippen LogP contribution in [0.3, 0.4) is 0 Å². The number of carbonyl (C=O) groups is 2. The summed E-state index contributed by atoms with van der Waals surface area (Å²) in [6.45, 7) is 0.618. The van der Waals surface area contributed by atoms with Crippen molar-refractivity contribution in [1.29, 1.82) is 0 Å². The van der Waals surface area contributed by atoms with Crippen LogP contribution in [0.4, 0.5) is 0 Å². The topological polar surface area (TPSA) is 97.0 Å². The number of hydrogen-bond donors (Lipinski definition) is 2. The fraction of sp³-hybridized carbons (Fsp3) is 0.158. The highest BCUT2D eigenvalue weighted by molar-refractivity contribution is 5.98. The first-order valence-corrected chi connectivity index (χ1v) is 8.18. The smallest absolute Gasteiger partial charge is 0.338 e. The average Bonchev–Trinajstić information content (AvgIpc) is 3.13. The summed E-state index contributed by atoms with van der Waals surface area (Å²) in [5.41, 5.74) is 3.93. The normalized spacial score (nSPS) is 13.0. The highest BCUT2D eigenvalue weighted by Crippen LogP contribution is 2.26. The molecule has 130 valence electrons.